The summed E-state index contributed by atoms with van der Waals surface area (Å²) in [5, 5.41) is 3.20. The molecule has 4 nitrogen and oxygen atoms in total. The van der Waals surface area contributed by atoms with Crippen molar-refractivity contribution in [1.82, 2.24) is 9.90 Å². The fourth-order valence-electron chi connectivity index (χ4n) is 2.79. The highest BCUT2D eigenvalue weighted by atomic mass is 16.1. The van der Waals surface area contributed by atoms with Crippen LogP contribution in [-0.2, 0) is 12.8 Å². The second-order valence-corrected chi connectivity index (χ2v) is 4.99. The summed E-state index contributed by atoms with van der Waals surface area (Å²) in [7, 11) is 0. The molecule has 1 aliphatic rings. The summed E-state index contributed by atoms with van der Waals surface area (Å²) in [5.41, 5.74) is 4.04. The Balaban J connectivity index is 1.97. The van der Waals surface area contributed by atoms with Gasteiger partial charge in [-0.1, -0.05) is 46.3 Å². The van der Waals surface area contributed by atoms with Crippen LogP contribution in [0, 0.1) is 0 Å². The van der Waals surface area contributed by atoms with Crippen LogP contribution in [0.3, 0.4) is 0 Å². The quantitative estimate of drug-likeness (QED) is 0.666. The van der Waals surface area contributed by atoms with Crippen molar-refractivity contribution in [2.75, 3.05) is 0 Å². The van der Waals surface area contributed by atoms with Crippen LogP contribution in [0.25, 0.3) is 11.4 Å². The monoisotopic (exact) mass is 264 g/mol. The van der Waals surface area contributed by atoms with Gasteiger partial charge in [-0.2, -0.15) is 0 Å². The number of nitrogens with zero attached hydrogens (tertiary/aromatic N) is 2. The number of hydrogen-bond acceptors (Lipinski definition) is 1. The Bertz CT molecular complexity index is 830. The number of nitrogens with one attached hydrogen (secondary N) is 1. The van der Waals surface area contributed by atoms with Gasteiger partial charge in [-0.25, -0.2) is 4.79 Å². The van der Waals surface area contributed by atoms with Crippen LogP contribution in [0.5, 0.6) is 0 Å². The molecular weight excluding hydrogens is 250 g/mol. The summed E-state index contributed by atoms with van der Waals surface area (Å²) in [6, 6.07) is 17.9. The molecule has 20 heavy (non-hydrogen) atoms. The summed E-state index contributed by atoms with van der Waals surface area (Å²) in [6.07, 6.45) is 1.68. The molecule has 0 bridgehead atoms. The van der Waals surface area contributed by atoms with Crippen LogP contribution in [-0.4, -0.2) is 9.90 Å². The summed E-state index contributed by atoms with van der Waals surface area (Å²) >= 11 is 0. The van der Waals surface area contributed by atoms with E-state index in [0.29, 0.717) is 0 Å². The van der Waals surface area contributed by atoms with Crippen LogP contribution in [0.1, 0.15) is 11.3 Å². The molecule has 0 radical (unpaired) electrons. The third-order valence-corrected chi connectivity index (χ3v) is 3.80. The number of fused-ring (bicyclic) bond motifs is 3. The van der Waals surface area contributed by atoms with Gasteiger partial charge in [0, 0.05) is 12.0 Å². The van der Waals surface area contributed by atoms with Crippen LogP contribution in [0.15, 0.2) is 59.4 Å². The van der Waals surface area contributed by atoms with E-state index < -0.39 is 0 Å². The predicted octanol–water partition coefficient (Wildman–Crippen LogP) is 1.54. The van der Waals surface area contributed by atoms with Crippen molar-refractivity contribution in [3.8, 4) is 11.4 Å². The van der Waals surface area contributed by atoms with Gasteiger partial charge in [0.2, 0.25) is 5.69 Å². The minimum atomic E-state index is 0.0331. The minimum absolute atomic E-state index is 0.0331. The van der Waals surface area contributed by atoms with Crippen molar-refractivity contribution in [2.24, 2.45) is 0 Å². The Labute approximate surface area is 115 Å². The van der Waals surface area contributed by atoms with Crippen molar-refractivity contribution < 1.29 is 4.68 Å². The fraction of sp³-hybridized carbons (Fsp3) is 0.125. The van der Waals surface area contributed by atoms with Crippen LogP contribution in [0.4, 0.5) is 0 Å². The largest absolute Gasteiger partial charge is 0.402 e. The standard InChI is InChI=1S/C16H13N3O/c20-16-15-11-10-12-6-4-5-9-14(12)19(15)17-18(16)13-7-2-1-3-8-13/h1-9H,10-11H2/p+1. The Morgan fingerprint density at radius 2 is 1.70 bits per heavy atom. The molecule has 0 saturated carbocycles. The number of hydrogen-bond donors (Lipinski definition) is 1. The Kier molecular flexibility index (Phi) is 2.36. The van der Waals surface area contributed by atoms with Crippen LogP contribution < -0.4 is 10.2 Å². The van der Waals surface area contributed by atoms with Gasteiger partial charge < -0.3 is 0 Å². The molecule has 0 aliphatic carbocycles. The van der Waals surface area contributed by atoms with Crippen molar-refractivity contribution in [2.45, 2.75) is 12.8 Å². The number of aromatic amines is 1. The molecule has 3 aromatic rings. The lowest BCUT2D eigenvalue weighted by molar-refractivity contribution is -0.671. The van der Waals surface area contributed by atoms with Gasteiger partial charge in [-0.3, -0.25) is 0 Å². The molecule has 2 heterocycles. The first-order valence-electron chi connectivity index (χ1n) is 6.74. The maximum atomic E-state index is 12.5. The van der Waals surface area contributed by atoms with Gasteiger partial charge in [0.25, 0.3) is 0 Å². The molecule has 0 saturated heterocycles. The average molecular weight is 264 g/mol. The summed E-state index contributed by atoms with van der Waals surface area (Å²) in [5.74, 6) is 0. The lowest BCUT2D eigenvalue weighted by atomic mass is 10.0. The number of aromatic nitrogens is 3. The highest BCUT2D eigenvalue weighted by Crippen LogP contribution is 2.15. The maximum Gasteiger partial charge on any atom is 0.402 e. The maximum absolute atomic E-state index is 12.5. The van der Waals surface area contributed by atoms with E-state index in [1.54, 1.807) is 4.68 Å². The zero-order chi connectivity index (χ0) is 13.5. The minimum Gasteiger partial charge on any atom is -0.234 e. The molecule has 1 aliphatic heterocycles. The fourth-order valence-corrected chi connectivity index (χ4v) is 2.79. The average Bonchev–Trinajstić information content (AvgIpc) is 2.86. The van der Waals surface area contributed by atoms with Crippen molar-refractivity contribution in [3.05, 3.63) is 76.2 Å². The molecule has 2 aromatic carbocycles. The van der Waals surface area contributed by atoms with Crippen LogP contribution in [0.2, 0.25) is 0 Å². The molecule has 4 rings (SSSR count). The molecule has 1 N–H and O–H groups in total. The van der Waals surface area contributed by atoms with E-state index in [1.807, 2.05) is 53.2 Å². The zero-order valence-corrected chi connectivity index (χ0v) is 10.9. The molecular formula is C16H14N3O+. The van der Waals surface area contributed by atoms with Gasteiger partial charge in [0.15, 0.2) is 11.4 Å². The number of benzene rings is 2. The number of para-hydroxylation sites is 2. The van der Waals surface area contributed by atoms with E-state index in [0.717, 1.165) is 29.9 Å². The SMILES string of the molecule is O=c1c2[n+]([nH]n1-c1ccccc1)-c1ccccc1CC2. The summed E-state index contributed by atoms with van der Waals surface area (Å²) in [6.45, 7) is 0. The molecule has 0 atom stereocenters. The second kappa shape index (κ2) is 4.20. The van der Waals surface area contributed by atoms with E-state index in [1.165, 1.54) is 5.56 Å². The third kappa shape index (κ3) is 1.54. The van der Waals surface area contributed by atoms with E-state index in [2.05, 4.69) is 11.3 Å². The van der Waals surface area contributed by atoms with Crippen molar-refractivity contribution in [3.63, 3.8) is 0 Å². The first-order chi connectivity index (χ1) is 9.84. The lowest BCUT2D eigenvalue weighted by Gasteiger charge is -2.10. The van der Waals surface area contributed by atoms with Crippen LogP contribution >= 0.6 is 0 Å². The van der Waals surface area contributed by atoms with Crippen molar-refractivity contribution >= 4 is 0 Å². The molecule has 4 heteroatoms. The molecule has 1 aromatic heterocycles. The smallest absolute Gasteiger partial charge is 0.234 e. The molecule has 0 amide bonds. The normalized spacial score (nSPS) is 12.8. The van der Waals surface area contributed by atoms with Gasteiger partial charge in [0.1, 0.15) is 0 Å². The molecule has 0 fully saturated rings. The highest BCUT2D eigenvalue weighted by molar-refractivity contribution is 5.36. The third-order valence-electron chi connectivity index (χ3n) is 3.80. The number of H-pyrrole nitrogens is 1. The summed E-state index contributed by atoms with van der Waals surface area (Å²) in [4.78, 5) is 12.5. The zero-order valence-electron chi connectivity index (χ0n) is 10.9. The van der Waals surface area contributed by atoms with E-state index >= 15 is 0 Å². The Morgan fingerprint density at radius 1 is 0.950 bits per heavy atom. The predicted molar refractivity (Wildman–Crippen MR) is 75.3 cm³/mol. The molecule has 0 spiro atoms. The Morgan fingerprint density at radius 3 is 2.55 bits per heavy atom. The van der Waals surface area contributed by atoms with Gasteiger partial charge >= 0.3 is 5.56 Å². The summed E-state index contributed by atoms with van der Waals surface area (Å²) < 4.78 is 3.52. The second-order valence-electron chi connectivity index (χ2n) is 4.99. The lowest BCUT2D eigenvalue weighted by Crippen LogP contribution is -2.42. The topological polar surface area (TPSA) is 41.7 Å². The van der Waals surface area contributed by atoms with E-state index in [-0.39, 0.29) is 5.56 Å². The first kappa shape index (κ1) is 11.2. The molecule has 98 valence electrons. The highest BCUT2D eigenvalue weighted by Gasteiger charge is 2.28. The van der Waals surface area contributed by atoms with Crippen molar-refractivity contribution in [1.29, 1.82) is 0 Å². The Hall–Kier alpha value is -2.62. The van der Waals surface area contributed by atoms with E-state index in [4.69, 9.17) is 0 Å². The molecule has 0 unspecified atom stereocenters. The van der Waals surface area contributed by atoms with Gasteiger partial charge in [-0.05, 0) is 24.6 Å². The number of rotatable bonds is 1. The first-order valence-corrected chi connectivity index (χ1v) is 6.74. The van der Waals surface area contributed by atoms with E-state index in [9.17, 15) is 4.79 Å². The number of aryl methyl sites for hydroxylation is 1. The van der Waals surface area contributed by atoms with Gasteiger partial charge in [-0.15, -0.1) is 4.68 Å². The van der Waals surface area contributed by atoms with Gasteiger partial charge in [0.05, 0.1) is 0 Å².